The number of carbonyl (C=O) groups is 2. The Hall–Kier alpha value is -4.36. The van der Waals surface area contributed by atoms with Crippen LogP contribution in [0.1, 0.15) is 81.9 Å². The summed E-state index contributed by atoms with van der Waals surface area (Å²) in [6.07, 6.45) is 4.98. The smallest absolute Gasteiger partial charge is 0.410 e. The Morgan fingerprint density at radius 3 is 2.48 bits per heavy atom. The number of anilines is 1. The lowest BCUT2D eigenvalue weighted by atomic mass is 9.89. The number of carbonyl (C=O) groups excluding carboxylic acids is 2. The third-order valence-corrected chi connectivity index (χ3v) is 10.3. The van der Waals surface area contributed by atoms with Gasteiger partial charge in [-0.15, -0.1) is 0 Å². The summed E-state index contributed by atoms with van der Waals surface area (Å²) in [6.45, 7) is 11.9. The lowest BCUT2D eigenvalue weighted by molar-refractivity contribution is 0.0972. The topological polar surface area (TPSA) is 143 Å². The van der Waals surface area contributed by atoms with Gasteiger partial charge in [-0.1, -0.05) is 63.2 Å². The summed E-state index contributed by atoms with van der Waals surface area (Å²) in [5.41, 5.74) is 1.57. The Balaban J connectivity index is 1.28. The van der Waals surface area contributed by atoms with Crippen LogP contribution < -0.4 is 15.4 Å². The molecular formula is C37H47FN6O5S. The molecule has 13 heteroatoms. The minimum Gasteiger partial charge on any atom is -0.445 e. The molecule has 1 aromatic carbocycles. The molecule has 2 amide bonds. The van der Waals surface area contributed by atoms with E-state index in [9.17, 15) is 22.4 Å². The molecule has 0 spiro atoms. The van der Waals surface area contributed by atoms with Gasteiger partial charge in [0.25, 0.3) is 15.9 Å². The van der Waals surface area contributed by atoms with E-state index in [2.05, 4.69) is 34.4 Å². The number of aromatic nitrogens is 2. The summed E-state index contributed by atoms with van der Waals surface area (Å²) in [5.74, 6) is -1.41. The highest BCUT2D eigenvalue weighted by molar-refractivity contribution is 7.90. The number of pyridine rings is 2. The summed E-state index contributed by atoms with van der Waals surface area (Å²) >= 11 is 0. The normalized spacial score (nSPS) is 18.2. The van der Waals surface area contributed by atoms with Gasteiger partial charge < -0.3 is 20.3 Å². The van der Waals surface area contributed by atoms with Gasteiger partial charge in [0.1, 0.15) is 12.4 Å². The zero-order valence-corrected chi connectivity index (χ0v) is 30.1. The molecule has 1 fully saturated rings. The SMILES string of the molecule is CC1(C)C[C@H](CCC(Nc2cccc(S(=O)(=O)NC(=O)c3ccc(C(C)(C)C)nc3F)n2)C2=CCN(C(=O)OCc3ccccc3)CC2)CN1. The lowest BCUT2D eigenvalue weighted by Gasteiger charge is -2.31. The number of amides is 2. The first-order valence-electron chi connectivity index (χ1n) is 17.0. The standard InChI is InChI=1S/C37H47FN6O5S/c1-36(2,3)30-17-15-28(33(38)41-30)34(45)43-50(47,48)32-13-9-12-31(42-32)40-29(16-14-26-22-37(4,5)39-23-26)27-18-20-44(21-19-27)35(46)49-24-25-10-7-6-8-11-25/h6-13,15,17-18,26,29,39H,14,16,19-24H2,1-5H3,(H,40,42)(H,43,45)/t26-,29?/m0/s1. The van der Waals surface area contributed by atoms with E-state index < -0.39 is 32.9 Å². The molecular weight excluding hydrogens is 660 g/mol. The molecule has 1 unspecified atom stereocenters. The number of rotatable bonds is 11. The molecule has 0 saturated carbocycles. The fourth-order valence-corrected chi connectivity index (χ4v) is 7.23. The maximum absolute atomic E-state index is 14.8. The van der Waals surface area contributed by atoms with Crippen LogP contribution in [0.4, 0.5) is 15.0 Å². The van der Waals surface area contributed by atoms with Crippen LogP contribution in [-0.4, -0.2) is 66.5 Å². The zero-order chi connectivity index (χ0) is 36.1. The van der Waals surface area contributed by atoms with Crippen molar-refractivity contribution < 1.29 is 27.1 Å². The molecule has 1 saturated heterocycles. The van der Waals surface area contributed by atoms with E-state index in [-0.39, 0.29) is 29.3 Å². The Morgan fingerprint density at radius 2 is 1.84 bits per heavy atom. The van der Waals surface area contributed by atoms with Crippen LogP contribution in [0.25, 0.3) is 0 Å². The lowest BCUT2D eigenvalue weighted by Crippen LogP contribution is -2.38. The van der Waals surface area contributed by atoms with Crippen LogP contribution in [0, 0.1) is 11.9 Å². The van der Waals surface area contributed by atoms with Crippen molar-refractivity contribution in [3.8, 4) is 0 Å². The fourth-order valence-electron chi connectivity index (χ4n) is 6.30. The van der Waals surface area contributed by atoms with Gasteiger partial charge in [-0.2, -0.15) is 12.8 Å². The van der Waals surface area contributed by atoms with E-state index in [1.54, 1.807) is 11.0 Å². The van der Waals surface area contributed by atoms with E-state index in [1.165, 1.54) is 24.3 Å². The average Bonchev–Trinajstić information content (AvgIpc) is 3.43. The van der Waals surface area contributed by atoms with Gasteiger partial charge in [-0.25, -0.2) is 19.5 Å². The van der Waals surface area contributed by atoms with Crippen molar-refractivity contribution in [3.05, 3.63) is 95.1 Å². The molecule has 0 aliphatic carbocycles. The van der Waals surface area contributed by atoms with Gasteiger partial charge in [0, 0.05) is 35.8 Å². The van der Waals surface area contributed by atoms with Crippen LogP contribution in [0.5, 0.6) is 0 Å². The number of hydrogen-bond donors (Lipinski definition) is 3. The zero-order valence-electron chi connectivity index (χ0n) is 29.3. The van der Waals surface area contributed by atoms with E-state index in [0.29, 0.717) is 36.9 Å². The molecule has 5 rings (SSSR count). The van der Waals surface area contributed by atoms with Crippen LogP contribution in [0.3, 0.4) is 0 Å². The predicted molar refractivity (Wildman–Crippen MR) is 190 cm³/mol. The number of nitrogens with one attached hydrogen (secondary N) is 3. The minimum atomic E-state index is -4.45. The molecule has 11 nitrogen and oxygen atoms in total. The second-order valence-electron chi connectivity index (χ2n) is 14.7. The Bertz CT molecular complexity index is 1830. The fraction of sp³-hybridized carbons (Fsp3) is 0.459. The Morgan fingerprint density at radius 1 is 1.08 bits per heavy atom. The highest BCUT2D eigenvalue weighted by Gasteiger charge is 2.32. The maximum atomic E-state index is 14.8. The molecule has 2 aliphatic rings. The van der Waals surface area contributed by atoms with E-state index in [4.69, 9.17) is 4.74 Å². The van der Waals surface area contributed by atoms with E-state index >= 15 is 0 Å². The van der Waals surface area contributed by atoms with Gasteiger partial charge >= 0.3 is 6.09 Å². The molecule has 0 radical (unpaired) electrons. The van der Waals surface area contributed by atoms with Crippen molar-refractivity contribution in [1.82, 2.24) is 24.9 Å². The number of ether oxygens (including phenoxy) is 1. The largest absolute Gasteiger partial charge is 0.445 e. The summed E-state index contributed by atoms with van der Waals surface area (Å²) in [4.78, 5) is 35.5. The minimum absolute atomic E-state index is 0.0700. The third-order valence-electron chi connectivity index (χ3n) is 9.10. The third kappa shape index (κ3) is 9.66. The molecule has 2 aromatic heterocycles. The van der Waals surface area contributed by atoms with Crippen molar-refractivity contribution >= 4 is 27.8 Å². The molecule has 2 atom stereocenters. The summed E-state index contributed by atoms with van der Waals surface area (Å²) in [5, 5.41) is 6.61. The molecule has 0 bridgehead atoms. The average molecular weight is 707 g/mol. The quantitative estimate of drug-likeness (QED) is 0.163. The van der Waals surface area contributed by atoms with Crippen LogP contribution in [-0.2, 0) is 26.8 Å². The van der Waals surface area contributed by atoms with Gasteiger partial charge in [0.15, 0.2) is 5.03 Å². The first kappa shape index (κ1) is 36.9. The summed E-state index contributed by atoms with van der Waals surface area (Å²) in [7, 11) is -4.45. The number of nitrogens with zero attached hydrogens (tertiary/aromatic N) is 3. The van der Waals surface area contributed by atoms with Crippen molar-refractivity contribution in [1.29, 1.82) is 0 Å². The Labute approximate surface area is 294 Å². The van der Waals surface area contributed by atoms with Crippen molar-refractivity contribution in [3.63, 3.8) is 0 Å². The highest BCUT2D eigenvalue weighted by Crippen LogP contribution is 2.30. The summed E-state index contributed by atoms with van der Waals surface area (Å²) < 4.78 is 48.8. The van der Waals surface area contributed by atoms with Gasteiger partial charge in [-0.05, 0) is 87.4 Å². The molecule has 3 N–H and O–H groups in total. The van der Waals surface area contributed by atoms with Gasteiger partial charge in [0.05, 0.1) is 5.56 Å². The number of hydrogen-bond acceptors (Lipinski definition) is 9. The predicted octanol–water partition coefficient (Wildman–Crippen LogP) is 5.95. The molecule has 3 aromatic rings. The number of sulfonamides is 1. The van der Waals surface area contributed by atoms with Crippen molar-refractivity contribution in [2.24, 2.45) is 5.92 Å². The number of benzene rings is 1. The van der Waals surface area contributed by atoms with E-state index in [0.717, 1.165) is 36.9 Å². The number of halogens is 1. The van der Waals surface area contributed by atoms with Crippen LogP contribution >= 0.6 is 0 Å². The molecule has 268 valence electrons. The monoisotopic (exact) mass is 706 g/mol. The highest BCUT2D eigenvalue weighted by atomic mass is 32.2. The van der Waals surface area contributed by atoms with Crippen LogP contribution in [0.15, 0.2) is 77.3 Å². The molecule has 50 heavy (non-hydrogen) atoms. The molecule has 4 heterocycles. The Kier molecular flexibility index (Phi) is 11.3. The second-order valence-corrected chi connectivity index (χ2v) is 16.3. The van der Waals surface area contributed by atoms with Crippen molar-refractivity contribution in [2.45, 2.75) is 88.9 Å². The van der Waals surface area contributed by atoms with Crippen molar-refractivity contribution in [2.75, 3.05) is 25.0 Å². The first-order valence-corrected chi connectivity index (χ1v) is 18.5. The van der Waals surface area contributed by atoms with Crippen LogP contribution in [0.2, 0.25) is 0 Å². The molecule has 2 aliphatic heterocycles. The summed E-state index contributed by atoms with van der Waals surface area (Å²) in [6, 6.07) is 16.6. The first-order chi connectivity index (χ1) is 23.6. The van der Waals surface area contributed by atoms with E-state index in [1.807, 2.05) is 61.9 Å². The second kappa shape index (κ2) is 15.3. The van der Waals surface area contributed by atoms with Gasteiger partial charge in [0.2, 0.25) is 5.95 Å². The van der Waals surface area contributed by atoms with Gasteiger partial charge in [-0.3, -0.25) is 4.79 Å². The maximum Gasteiger partial charge on any atom is 0.410 e.